The largest absolute Gasteiger partial charge is 0.392 e. The SMILES string of the molecule is CC(C(N)=S)N1CCc2ccc(F)cc21. The summed E-state index contributed by atoms with van der Waals surface area (Å²) in [7, 11) is 0. The normalized spacial score (nSPS) is 16.3. The second-order valence-corrected chi connectivity index (χ2v) is 4.27. The maximum absolute atomic E-state index is 13.1. The van der Waals surface area contributed by atoms with Crippen molar-refractivity contribution in [1.29, 1.82) is 0 Å². The van der Waals surface area contributed by atoms with Crippen LogP contribution in [0.25, 0.3) is 0 Å². The van der Waals surface area contributed by atoms with E-state index in [-0.39, 0.29) is 11.9 Å². The van der Waals surface area contributed by atoms with Gasteiger partial charge in [-0.15, -0.1) is 0 Å². The maximum Gasteiger partial charge on any atom is 0.125 e. The summed E-state index contributed by atoms with van der Waals surface area (Å²) in [6, 6.07) is 4.87. The van der Waals surface area contributed by atoms with E-state index in [1.165, 1.54) is 11.6 Å². The van der Waals surface area contributed by atoms with Crippen molar-refractivity contribution in [3.8, 4) is 0 Å². The van der Waals surface area contributed by atoms with E-state index in [1.54, 1.807) is 6.07 Å². The third kappa shape index (κ3) is 1.81. The minimum absolute atomic E-state index is 0.0111. The average Bonchev–Trinajstić information content (AvgIpc) is 2.59. The highest BCUT2D eigenvalue weighted by atomic mass is 32.1. The topological polar surface area (TPSA) is 29.3 Å². The van der Waals surface area contributed by atoms with Crippen LogP contribution in [0.3, 0.4) is 0 Å². The molecule has 2 rings (SSSR count). The van der Waals surface area contributed by atoms with Crippen LogP contribution in [0.15, 0.2) is 18.2 Å². The number of nitrogens with zero attached hydrogens (tertiary/aromatic N) is 1. The average molecular weight is 224 g/mol. The van der Waals surface area contributed by atoms with Crippen molar-refractivity contribution in [2.45, 2.75) is 19.4 Å². The van der Waals surface area contributed by atoms with Crippen molar-refractivity contribution >= 4 is 22.9 Å². The van der Waals surface area contributed by atoms with Gasteiger partial charge in [0.05, 0.1) is 11.0 Å². The maximum atomic E-state index is 13.1. The molecule has 1 aliphatic heterocycles. The van der Waals surface area contributed by atoms with Gasteiger partial charge in [0.15, 0.2) is 0 Å². The molecule has 1 unspecified atom stereocenters. The van der Waals surface area contributed by atoms with Gasteiger partial charge in [0, 0.05) is 12.2 Å². The summed E-state index contributed by atoms with van der Waals surface area (Å²) in [6.45, 7) is 2.81. The molecule has 80 valence electrons. The predicted octanol–water partition coefficient (Wildman–Crippen LogP) is 1.86. The number of anilines is 1. The molecule has 15 heavy (non-hydrogen) atoms. The summed E-state index contributed by atoms with van der Waals surface area (Å²) < 4.78 is 13.1. The molecule has 1 aromatic rings. The number of hydrogen-bond acceptors (Lipinski definition) is 2. The van der Waals surface area contributed by atoms with Crippen LogP contribution in [0, 0.1) is 5.82 Å². The summed E-state index contributed by atoms with van der Waals surface area (Å²) in [6.07, 6.45) is 0.933. The molecule has 0 spiro atoms. The summed E-state index contributed by atoms with van der Waals surface area (Å²) in [5.74, 6) is -0.212. The van der Waals surface area contributed by atoms with E-state index in [0.29, 0.717) is 4.99 Å². The third-order valence-electron chi connectivity index (χ3n) is 2.86. The van der Waals surface area contributed by atoms with Crippen LogP contribution in [-0.4, -0.2) is 17.6 Å². The lowest BCUT2D eigenvalue weighted by molar-refractivity contribution is 0.627. The minimum atomic E-state index is -0.212. The van der Waals surface area contributed by atoms with Crippen molar-refractivity contribution < 1.29 is 4.39 Å². The minimum Gasteiger partial charge on any atom is -0.392 e. The molecular weight excluding hydrogens is 211 g/mol. The Morgan fingerprint density at radius 2 is 2.33 bits per heavy atom. The molecule has 2 N–H and O–H groups in total. The van der Waals surface area contributed by atoms with Gasteiger partial charge in [-0.1, -0.05) is 18.3 Å². The van der Waals surface area contributed by atoms with Gasteiger partial charge in [-0.05, 0) is 31.0 Å². The first-order valence-corrected chi connectivity index (χ1v) is 5.35. The standard InChI is InChI=1S/C11H13FN2S/c1-7(11(13)15)14-5-4-8-2-3-9(12)6-10(8)14/h2-3,6-7H,4-5H2,1H3,(H2,13,15). The molecular formula is C11H13FN2S. The van der Waals surface area contributed by atoms with Gasteiger partial charge in [0.2, 0.25) is 0 Å². The summed E-state index contributed by atoms with van der Waals surface area (Å²) in [4.78, 5) is 2.51. The molecule has 0 aromatic heterocycles. The molecule has 4 heteroatoms. The lowest BCUT2D eigenvalue weighted by Gasteiger charge is -2.26. The smallest absolute Gasteiger partial charge is 0.125 e. The first-order valence-electron chi connectivity index (χ1n) is 4.94. The molecule has 0 amide bonds. The number of halogens is 1. The van der Waals surface area contributed by atoms with Gasteiger partial charge in [-0.2, -0.15) is 0 Å². The Labute approximate surface area is 93.9 Å². The molecule has 0 fully saturated rings. The number of thiocarbonyl (C=S) groups is 1. The first-order chi connectivity index (χ1) is 7.09. The van der Waals surface area contributed by atoms with Gasteiger partial charge < -0.3 is 10.6 Å². The second-order valence-electron chi connectivity index (χ2n) is 3.79. The van der Waals surface area contributed by atoms with E-state index in [1.807, 2.05) is 13.0 Å². The Morgan fingerprint density at radius 3 is 3.00 bits per heavy atom. The Balaban J connectivity index is 2.35. The lowest BCUT2D eigenvalue weighted by Crippen LogP contribution is -2.40. The van der Waals surface area contributed by atoms with Crippen molar-refractivity contribution in [2.24, 2.45) is 5.73 Å². The van der Waals surface area contributed by atoms with Gasteiger partial charge in [-0.3, -0.25) is 0 Å². The van der Waals surface area contributed by atoms with Gasteiger partial charge in [0.1, 0.15) is 5.82 Å². The first kappa shape index (κ1) is 10.4. The number of benzene rings is 1. The van der Waals surface area contributed by atoms with E-state index < -0.39 is 0 Å². The highest BCUT2D eigenvalue weighted by Gasteiger charge is 2.24. The fourth-order valence-corrected chi connectivity index (χ4v) is 2.06. The summed E-state index contributed by atoms with van der Waals surface area (Å²) in [5.41, 5.74) is 7.70. The van der Waals surface area contributed by atoms with Crippen LogP contribution in [0.2, 0.25) is 0 Å². The zero-order valence-electron chi connectivity index (χ0n) is 8.53. The fraction of sp³-hybridized carbons (Fsp3) is 0.364. The molecule has 0 aliphatic carbocycles. The molecule has 0 saturated heterocycles. The van der Waals surface area contributed by atoms with E-state index in [4.69, 9.17) is 18.0 Å². The number of rotatable bonds is 2. The highest BCUT2D eigenvalue weighted by molar-refractivity contribution is 7.80. The summed E-state index contributed by atoms with van der Waals surface area (Å²) in [5, 5.41) is 0. The molecule has 1 heterocycles. The van der Waals surface area contributed by atoms with Crippen LogP contribution in [0.4, 0.5) is 10.1 Å². The Bertz CT molecular complexity index is 406. The molecule has 0 saturated carbocycles. The zero-order valence-corrected chi connectivity index (χ0v) is 9.35. The Morgan fingerprint density at radius 1 is 1.60 bits per heavy atom. The van der Waals surface area contributed by atoms with E-state index in [9.17, 15) is 4.39 Å². The fourth-order valence-electron chi connectivity index (χ4n) is 1.93. The van der Waals surface area contributed by atoms with E-state index >= 15 is 0 Å². The molecule has 1 aromatic carbocycles. The van der Waals surface area contributed by atoms with Crippen LogP contribution < -0.4 is 10.6 Å². The van der Waals surface area contributed by atoms with Crippen molar-refractivity contribution in [3.63, 3.8) is 0 Å². The van der Waals surface area contributed by atoms with Crippen molar-refractivity contribution in [1.82, 2.24) is 0 Å². The lowest BCUT2D eigenvalue weighted by atomic mass is 10.1. The van der Waals surface area contributed by atoms with Crippen LogP contribution >= 0.6 is 12.2 Å². The van der Waals surface area contributed by atoms with Crippen molar-refractivity contribution in [3.05, 3.63) is 29.6 Å². The monoisotopic (exact) mass is 224 g/mol. The van der Waals surface area contributed by atoms with Crippen LogP contribution in [-0.2, 0) is 6.42 Å². The predicted molar refractivity (Wildman–Crippen MR) is 63.7 cm³/mol. The van der Waals surface area contributed by atoms with Gasteiger partial charge in [-0.25, -0.2) is 4.39 Å². The molecule has 0 bridgehead atoms. The Hall–Kier alpha value is -1.16. The van der Waals surface area contributed by atoms with E-state index in [0.717, 1.165) is 18.7 Å². The van der Waals surface area contributed by atoms with Crippen LogP contribution in [0.1, 0.15) is 12.5 Å². The molecule has 1 atom stereocenters. The van der Waals surface area contributed by atoms with E-state index in [2.05, 4.69) is 4.90 Å². The number of hydrogen-bond donors (Lipinski definition) is 1. The second kappa shape index (κ2) is 3.77. The molecule has 0 radical (unpaired) electrons. The molecule has 2 nitrogen and oxygen atoms in total. The van der Waals surface area contributed by atoms with Crippen molar-refractivity contribution in [2.75, 3.05) is 11.4 Å². The zero-order chi connectivity index (χ0) is 11.0. The molecule has 1 aliphatic rings. The highest BCUT2D eigenvalue weighted by Crippen LogP contribution is 2.30. The summed E-state index contributed by atoms with van der Waals surface area (Å²) >= 11 is 4.96. The Kier molecular flexibility index (Phi) is 2.61. The number of fused-ring (bicyclic) bond motifs is 1. The quantitative estimate of drug-likeness (QED) is 0.778. The van der Waals surface area contributed by atoms with Crippen LogP contribution in [0.5, 0.6) is 0 Å². The number of nitrogens with two attached hydrogens (primary N) is 1. The van der Waals surface area contributed by atoms with Gasteiger partial charge in [0.25, 0.3) is 0 Å². The third-order valence-corrected chi connectivity index (χ3v) is 3.20. The van der Waals surface area contributed by atoms with Gasteiger partial charge >= 0.3 is 0 Å².